The van der Waals surface area contributed by atoms with Crippen LogP contribution in [0.25, 0.3) is 0 Å². The number of nitrogens with zero attached hydrogens (tertiary/aromatic N) is 4. The first kappa shape index (κ1) is 23.3. The van der Waals surface area contributed by atoms with Crippen molar-refractivity contribution in [2.45, 2.75) is 38.0 Å². The predicted molar refractivity (Wildman–Crippen MR) is 123 cm³/mol. The summed E-state index contributed by atoms with van der Waals surface area (Å²) in [6.45, 7) is 4.46. The van der Waals surface area contributed by atoms with Gasteiger partial charge in [0.15, 0.2) is 11.0 Å². The Morgan fingerprint density at radius 3 is 2.59 bits per heavy atom. The Morgan fingerprint density at radius 1 is 1.16 bits per heavy atom. The van der Waals surface area contributed by atoms with E-state index in [-0.39, 0.29) is 30.0 Å². The second kappa shape index (κ2) is 11.3. The molecule has 0 spiro atoms. The van der Waals surface area contributed by atoms with Gasteiger partial charge in [-0.15, -0.1) is 10.2 Å². The zero-order chi connectivity index (χ0) is 22.9. The van der Waals surface area contributed by atoms with Crippen LogP contribution in [0, 0.1) is 0 Å². The fourth-order valence-electron chi connectivity index (χ4n) is 3.07. The van der Waals surface area contributed by atoms with E-state index < -0.39 is 0 Å². The molecular weight excluding hydrogens is 428 g/mol. The topological polar surface area (TPSA) is 111 Å². The van der Waals surface area contributed by atoms with Gasteiger partial charge in [0.25, 0.3) is 0 Å². The van der Waals surface area contributed by atoms with Gasteiger partial charge < -0.3 is 19.9 Å². The zero-order valence-electron chi connectivity index (χ0n) is 18.2. The van der Waals surface area contributed by atoms with Crippen LogP contribution in [0.3, 0.4) is 0 Å². The van der Waals surface area contributed by atoms with Gasteiger partial charge in [-0.3, -0.25) is 14.6 Å². The van der Waals surface area contributed by atoms with Gasteiger partial charge in [-0.05, 0) is 43.7 Å². The Hall–Kier alpha value is -3.40. The summed E-state index contributed by atoms with van der Waals surface area (Å²) in [6.07, 6.45) is 3.49. The number of thioether (sulfide) groups is 1. The van der Waals surface area contributed by atoms with Gasteiger partial charge >= 0.3 is 0 Å². The molecule has 0 unspecified atom stereocenters. The van der Waals surface area contributed by atoms with E-state index in [9.17, 15) is 9.59 Å². The summed E-state index contributed by atoms with van der Waals surface area (Å²) in [4.78, 5) is 28.7. The summed E-state index contributed by atoms with van der Waals surface area (Å²) in [5, 5.41) is 14.9. The lowest BCUT2D eigenvalue weighted by molar-refractivity contribution is -0.121. The van der Waals surface area contributed by atoms with Crippen LogP contribution in [0.1, 0.15) is 31.3 Å². The van der Waals surface area contributed by atoms with Gasteiger partial charge in [0, 0.05) is 12.7 Å². The second-order valence-corrected chi connectivity index (χ2v) is 7.92. The monoisotopic (exact) mass is 454 g/mol. The van der Waals surface area contributed by atoms with Crippen LogP contribution in [-0.4, -0.2) is 44.4 Å². The molecule has 168 valence electrons. The molecule has 0 saturated carbocycles. The molecule has 0 bridgehead atoms. The van der Waals surface area contributed by atoms with E-state index in [0.29, 0.717) is 23.2 Å². The Labute approximate surface area is 191 Å². The van der Waals surface area contributed by atoms with Crippen molar-refractivity contribution in [1.82, 2.24) is 25.1 Å². The van der Waals surface area contributed by atoms with E-state index in [0.717, 1.165) is 11.3 Å². The summed E-state index contributed by atoms with van der Waals surface area (Å²) in [6, 6.07) is 10.6. The Kier molecular flexibility index (Phi) is 8.20. The minimum Gasteiger partial charge on any atom is -0.497 e. The van der Waals surface area contributed by atoms with Crippen molar-refractivity contribution in [3.05, 3.63) is 60.2 Å². The molecule has 0 aliphatic rings. The fraction of sp³-hybridized carbons (Fsp3) is 0.318. The number of carbonyl (C=O) groups is 2. The van der Waals surface area contributed by atoms with Crippen molar-refractivity contribution in [3.8, 4) is 5.75 Å². The number of anilines is 1. The molecule has 10 heteroatoms. The van der Waals surface area contributed by atoms with Gasteiger partial charge in [0.05, 0.1) is 37.2 Å². The predicted octanol–water partition coefficient (Wildman–Crippen LogP) is 2.85. The van der Waals surface area contributed by atoms with Crippen molar-refractivity contribution in [2.75, 3.05) is 18.2 Å². The van der Waals surface area contributed by atoms with Gasteiger partial charge in [-0.1, -0.05) is 23.9 Å². The lowest BCUT2D eigenvalue weighted by atomic mass is 10.1. The first-order valence-corrected chi connectivity index (χ1v) is 11.2. The normalized spacial score (nSPS) is 11.6. The number of pyridine rings is 1. The SMILES string of the molecule is CCn1c(SCC(=O)Nc2cccnc2)nnc1[C@H](C)NC(=O)Cc1ccc(OC)cc1. The van der Waals surface area contributed by atoms with Crippen LogP contribution in [0.15, 0.2) is 53.9 Å². The number of ether oxygens (including phenoxy) is 1. The highest BCUT2D eigenvalue weighted by Crippen LogP contribution is 2.21. The molecule has 1 atom stereocenters. The molecule has 0 aliphatic heterocycles. The van der Waals surface area contributed by atoms with E-state index >= 15 is 0 Å². The smallest absolute Gasteiger partial charge is 0.234 e. The highest BCUT2D eigenvalue weighted by Gasteiger charge is 2.20. The Balaban J connectivity index is 1.56. The molecular formula is C22H26N6O3S. The van der Waals surface area contributed by atoms with Crippen molar-refractivity contribution < 1.29 is 14.3 Å². The lowest BCUT2D eigenvalue weighted by Crippen LogP contribution is -2.30. The molecule has 2 heterocycles. The third kappa shape index (κ3) is 6.30. The van der Waals surface area contributed by atoms with Gasteiger partial charge in [0.2, 0.25) is 11.8 Å². The van der Waals surface area contributed by atoms with Crippen LogP contribution >= 0.6 is 11.8 Å². The van der Waals surface area contributed by atoms with Crippen LogP contribution in [0.4, 0.5) is 5.69 Å². The number of hydrogen-bond acceptors (Lipinski definition) is 7. The van der Waals surface area contributed by atoms with Crippen molar-refractivity contribution in [2.24, 2.45) is 0 Å². The third-order valence-corrected chi connectivity index (χ3v) is 5.59. The van der Waals surface area contributed by atoms with Crippen LogP contribution in [-0.2, 0) is 22.6 Å². The largest absolute Gasteiger partial charge is 0.497 e. The first-order chi connectivity index (χ1) is 15.5. The van der Waals surface area contributed by atoms with E-state index in [4.69, 9.17) is 4.74 Å². The highest BCUT2D eigenvalue weighted by atomic mass is 32.2. The molecule has 2 amide bonds. The lowest BCUT2D eigenvalue weighted by Gasteiger charge is -2.15. The number of aromatic nitrogens is 4. The minimum absolute atomic E-state index is 0.113. The number of nitrogens with one attached hydrogen (secondary N) is 2. The molecule has 0 saturated heterocycles. The standard InChI is InChI=1S/C22H26N6O3S/c1-4-28-21(15(2)24-19(29)12-16-7-9-18(31-3)10-8-16)26-27-22(28)32-14-20(30)25-17-6-5-11-23-13-17/h5-11,13,15H,4,12,14H2,1-3H3,(H,24,29)(H,25,30)/t15-/m0/s1. The van der Waals surface area contributed by atoms with E-state index in [2.05, 4.69) is 25.8 Å². The molecule has 1 aromatic carbocycles. The van der Waals surface area contributed by atoms with Crippen LogP contribution in [0.5, 0.6) is 5.75 Å². The first-order valence-electron chi connectivity index (χ1n) is 10.2. The summed E-state index contributed by atoms with van der Waals surface area (Å²) in [5.74, 6) is 1.31. The number of hydrogen-bond donors (Lipinski definition) is 2. The molecule has 0 aliphatic carbocycles. The number of rotatable bonds is 10. The van der Waals surface area contributed by atoms with Crippen LogP contribution < -0.4 is 15.4 Å². The summed E-state index contributed by atoms with van der Waals surface area (Å²) >= 11 is 1.29. The Morgan fingerprint density at radius 2 is 1.94 bits per heavy atom. The number of benzene rings is 1. The molecule has 0 fully saturated rings. The maximum absolute atomic E-state index is 12.5. The number of carbonyl (C=O) groups excluding carboxylic acids is 2. The quantitative estimate of drug-likeness (QED) is 0.453. The van der Waals surface area contributed by atoms with Crippen molar-refractivity contribution in [3.63, 3.8) is 0 Å². The number of methoxy groups -OCH3 is 1. The van der Waals surface area contributed by atoms with E-state index in [1.807, 2.05) is 42.7 Å². The second-order valence-electron chi connectivity index (χ2n) is 6.98. The molecule has 0 radical (unpaired) electrons. The van der Waals surface area contributed by atoms with E-state index in [1.165, 1.54) is 11.8 Å². The third-order valence-electron chi connectivity index (χ3n) is 4.63. The summed E-state index contributed by atoms with van der Waals surface area (Å²) in [7, 11) is 1.60. The average Bonchev–Trinajstić information content (AvgIpc) is 3.22. The maximum Gasteiger partial charge on any atom is 0.234 e. The van der Waals surface area contributed by atoms with E-state index in [1.54, 1.807) is 31.6 Å². The molecule has 2 N–H and O–H groups in total. The van der Waals surface area contributed by atoms with Crippen molar-refractivity contribution >= 4 is 29.3 Å². The zero-order valence-corrected chi connectivity index (χ0v) is 19.1. The van der Waals surface area contributed by atoms with Gasteiger partial charge in [0.1, 0.15) is 5.75 Å². The molecule has 2 aromatic heterocycles. The molecule has 3 aromatic rings. The molecule has 32 heavy (non-hydrogen) atoms. The molecule has 3 rings (SSSR count). The summed E-state index contributed by atoms with van der Waals surface area (Å²) in [5.41, 5.74) is 1.53. The number of amides is 2. The van der Waals surface area contributed by atoms with Gasteiger partial charge in [-0.25, -0.2) is 0 Å². The van der Waals surface area contributed by atoms with Crippen LogP contribution in [0.2, 0.25) is 0 Å². The Bertz CT molecular complexity index is 1040. The molecule has 9 nitrogen and oxygen atoms in total. The average molecular weight is 455 g/mol. The van der Waals surface area contributed by atoms with Crippen molar-refractivity contribution in [1.29, 1.82) is 0 Å². The highest BCUT2D eigenvalue weighted by molar-refractivity contribution is 7.99. The maximum atomic E-state index is 12.5. The summed E-state index contributed by atoms with van der Waals surface area (Å²) < 4.78 is 7.04. The minimum atomic E-state index is -0.327. The van der Waals surface area contributed by atoms with Gasteiger partial charge in [-0.2, -0.15) is 0 Å². The fourth-order valence-corrected chi connectivity index (χ4v) is 3.88.